The molecule has 0 aromatic carbocycles. The van der Waals surface area contributed by atoms with Crippen LogP contribution in [0.5, 0.6) is 0 Å². The molecule has 1 aromatic heterocycles. The van der Waals surface area contributed by atoms with Gasteiger partial charge in [0, 0.05) is 24.2 Å². The molecule has 5 heteroatoms. The fourth-order valence-corrected chi connectivity index (χ4v) is 2.13. The number of hydrogen-bond donors (Lipinski definition) is 1. The van der Waals surface area contributed by atoms with Gasteiger partial charge in [-0.2, -0.15) is 5.48 Å². The highest BCUT2D eigenvalue weighted by Gasteiger charge is 2.06. The Hall–Kier alpha value is -0.650. The Bertz CT molecular complexity index is 260. The molecule has 0 atom stereocenters. The Kier molecular flexibility index (Phi) is 4.86. The Morgan fingerprint density at radius 2 is 2.21 bits per heavy atom. The van der Waals surface area contributed by atoms with Gasteiger partial charge in [-0.3, -0.25) is 0 Å². The molecule has 80 valence electrons. The molecule has 1 aromatic rings. The van der Waals surface area contributed by atoms with Crippen LogP contribution in [0.25, 0.3) is 0 Å². The Morgan fingerprint density at radius 3 is 2.79 bits per heavy atom. The van der Waals surface area contributed by atoms with E-state index in [2.05, 4.69) is 29.2 Å². The molecule has 1 heterocycles. The molecule has 1 N–H and O–H groups in total. The van der Waals surface area contributed by atoms with E-state index in [-0.39, 0.29) is 0 Å². The second-order valence-corrected chi connectivity index (χ2v) is 3.90. The van der Waals surface area contributed by atoms with Crippen molar-refractivity contribution in [2.45, 2.75) is 20.4 Å². The monoisotopic (exact) mass is 215 g/mol. The zero-order valence-corrected chi connectivity index (χ0v) is 9.73. The van der Waals surface area contributed by atoms with Crippen LogP contribution >= 0.6 is 11.3 Å². The predicted molar refractivity (Wildman–Crippen MR) is 59.5 cm³/mol. The standard InChI is InChI=1S/C9H17N3OS/c1-4-12(5-2)9-10-6-8(14-9)7-11-13-3/h6,11H,4-5,7H2,1-3H3. The van der Waals surface area contributed by atoms with E-state index in [0.717, 1.165) is 24.8 Å². The summed E-state index contributed by atoms with van der Waals surface area (Å²) < 4.78 is 0. The highest BCUT2D eigenvalue weighted by molar-refractivity contribution is 7.15. The summed E-state index contributed by atoms with van der Waals surface area (Å²) in [5.41, 5.74) is 2.80. The van der Waals surface area contributed by atoms with Crippen molar-refractivity contribution in [2.75, 3.05) is 25.1 Å². The third-order valence-electron chi connectivity index (χ3n) is 1.97. The van der Waals surface area contributed by atoms with E-state index in [1.807, 2.05) is 6.20 Å². The van der Waals surface area contributed by atoms with Gasteiger partial charge in [0.05, 0.1) is 13.7 Å². The molecular formula is C9H17N3OS. The average molecular weight is 215 g/mol. The minimum atomic E-state index is 0.718. The van der Waals surface area contributed by atoms with Crippen molar-refractivity contribution < 1.29 is 4.84 Å². The third-order valence-corrected chi connectivity index (χ3v) is 3.02. The number of nitrogens with one attached hydrogen (secondary N) is 1. The smallest absolute Gasteiger partial charge is 0.185 e. The normalized spacial score (nSPS) is 10.5. The molecule has 0 spiro atoms. The topological polar surface area (TPSA) is 37.4 Å². The summed E-state index contributed by atoms with van der Waals surface area (Å²) in [5, 5.41) is 1.09. The van der Waals surface area contributed by atoms with Gasteiger partial charge in [0.25, 0.3) is 0 Å². The second-order valence-electron chi connectivity index (χ2n) is 2.81. The first kappa shape index (κ1) is 11.4. The van der Waals surface area contributed by atoms with Crippen LogP contribution in [0.2, 0.25) is 0 Å². The maximum atomic E-state index is 4.78. The number of hydrogen-bond acceptors (Lipinski definition) is 5. The summed E-state index contributed by atoms with van der Waals surface area (Å²) in [6.07, 6.45) is 1.89. The van der Waals surface area contributed by atoms with Crippen molar-refractivity contribution in [2.24, 2.45) is 0 Å². The van der Waals surface area contributed by atoms with Crippen LogP contribution in [0.3, 0.4) is 0 Å². The maximum absolute atomic E-state index is 4.78. The van der Waals surface area contributed by atoms with Crippen molar-refractivity contribution in [3.05, 3.63) is 11.1 Å². The summed E-state index contributed by atoms with van der Waals surface area (Å²) in [7, 11) is 1.62. The van der Waals surface area contributed by atoms with Crippen molar-refractivity contribution in [3.63, 3.8) is 0 Å². The molecule has 0 unspecified atom stereocenters. The van der Waals surface area contributed by atoms with Crippen molar-refractivity contribution in [1.82, 2.24) is 10.5 Å². The minimum Gasteiger partial charge on any atom is -0.349 e. The predicted octanol–water partition coefficient (Wildman–Crippen LogP) is 1.64. The van der Waals surface area contributed by atoms with Crippen LogP contribution < -0.4 is 10.4 Å². The highest BCUT2D eigenvalue weighted by atomic mass is 32.1. The molecule has 0 bridgehead atoms. The van der Waals surface area contributed by atoms with Crippen LogP contribution in [-0.4, -0.2) is 25.2 Å². The van der Waals surface area contributed by atoms with Gasteiger partial charge in [-0.1, -0.05) is 0 Å². The summed E-state index contributed by atoms with van der Waals surface area (Å²) >= 11 is 1.70. The van der Waals surface area contributed by atoms with Gasteiger partial charge in [0.1, 0.15) is 0 Å². The van der Waals surface area contributed by atoms with Crippen LogP contribution in [0.15, 0.2) is 6.20 Å². The Morgan fingerprint density at radius 1 is 1.50 bits per heavy atom. The van der Waals surface area contributed by atoms with Gasteiger partial charge in [-0.05, 0) is 13.8 Å². The first-order valence-electron chi connectivity index (χ1n) is 4.77. The van der Waals surface area contributed by atoms with Crippen LogP contribution in [0.1, 0.15) is 18.7 Å². The average Bonchev–Trinajstić information content (AvgIpc) is 2.65. The molecule has 0 aliphatic heterocycles. The molecule has 0 saturated heterocycles. The van der Waals surface area contributed by atoms with Gasteiger partial charge < -0.3 is 9.74 Å². The second kappa shape index (κ2) is 5.95. The zero-order valence-electron chi connectivity index (χ0n) is 8.91. The van der Waals surface area contributed by atoms with E-state index in [0.29, 0.717) is 0 Å². The van der Waals surface area contributed by atoms with E-state index in [1.165, 1.54) is 4.88 Å². The molecule has 14 heavy (non-hydrogen) atoms. The van der Waals surface area contributed by atoms with Crippen molar-refractivity contribution in [1.29, 1.82) is 0 Å². The molecule has 0 fully saturated rings. The summed E-state index contributed by atoms with van der Waals surface area (Å²) in [6, 6.07) is 0. The van der Waals surface area contributed by atoms with Crippen molar-refractivity contribution >= 4 is 16.5 Å². The molecule has 4 nitrogen and oxygen atoms in total. The van der Waals surface area contributed by atoms with E-state index >= 15 is 0 Å². The lowest BCUT2D eigenvalue weighted by atomic mass is 10.5. The van der Waals surface area contributed by atoms with Gasteiger partial charge in [-0.15, -0.1) is 11.3 Å². The zero-order chi connectivity index (χ0) is 10.4. The van der Waals surface area contributed by atoms with E-state index in [9.17, 15) is 0 Å². The number of aromatic nitrogens is 1. The fraction of sp³-hybridized carbons (Fsp3) is 0.667. The molecule has 1 rings (SSSR count). The molecule has 0 aliphatic rings. The molecular weight excluding hydrogens is 198 g/mol. The van der Waals surface area contributed by atoms with E-state index in [4.69, 9.17) is 4.84 Å². The molecule has 0 amide bonds. The van der Waals surface area contributed by atoms with Gasteiger partial charge >= 0.3 is 0 Å². The van der Waals surface area contributed by atoms with Crippen LogP contribution in [0.4, 0.5) is 5.13 Å². The van der Waals surface area contributed by atoms with E-state index in [1.54, 1.807) is 18.4 Å². The lowest BCUT2D eigenvalue weighted by Crippen LogP contribution is -2.21. The summed E-state index contributed by atoms with van der Waals surface area (Å²) in [6.45, 7) is 6.99. The Labute approximate surface area is 88.9 Å². The van der Waals surface area contributed by atoms with Crippen molar-refractivity contribution in [3.8, 4) is 0 Å². The molecule has 0 radical (unpaired) electrons. The minimum absolute atomic E-state index is 0.718. The Balaban J connectivity index is 2.57. The first-order chi connectivity index (χ1) is 6.81. The number of hydroxylamine groups is 1. The highest BCUT2D eigenvalue weighted by Crippen LogP contribution is 2.21. The third kappa shape index (κ3) is 2.94. The molecule has 0 aliphatic carbocycles. The van der Waals surface area contributed by atoms with E-state index < -0.39 is 0 Å². The SMILES string of the molecule is CCN(CC)c1ncc(CNOC)s1. The largest absolute Gasteiger partial charge is 0.349 e. The number of rotatable bonds is 6. The number of anilines is 1. The first-order valence-corrected chi connectivity index (χ1v) is 5.58. The number of nitrogens with zero attached hydrogens (tertiary/aromatic N) is 2. The fourth-order valence-electron chi connectivity index (χ4n) is 1.16. The molecule has 0 saturated carbocycles. The lowest BCUT2D eigenvalue weighted by molar-refractivity contribution is 0.0874. The van der Waals surface area contributed by atoms with Gasteiger partial charge in [0.15, 0.2) is 5.13 Å². The van der Waals surface area contributed by atoms with Gasteiger partial charge in [0.2, 0.25) is 0 Å². The quantitative estimate of drug-likeness (QED) is 0.732. The van der Waals surface area contributed by atoms with Gasteiger partial charge in [-0.25, -0.2) is 4.98 Å². The summed E-state index contributed by atoms with van der Waals surface area (Å²) in [4.78, 5) is 12.6. The summed E-state index contributed by atoms with van der Waals surface area (Å²) in [5.74, 6) is 0. The number of thiazole rings is 1. The maximum Gasteiger partial charge on any atom is 0.185 e. The van der Waals surface area contributed by atoms with Crippen LogP contribution in [0, 0.1) is 0 Å². The van der Waals surface area contributed by atoms with Crippen LogP contribution in [-0.2, 0) is 11.4 Å². The lowest BCUT2D eigenvalue weighted by Gasteiger charge is -2.16.